The molecule has 2 aromatic rings. The average Bonchev–Trinajstić information content (AvgIpc) is 3.33. The first-order valence-corrected chi connectivity index (χ1v) is 9.90. The van der Waals surface area contributed by atoms with E-state index in [1.54, 1.807) is 17.0 Å². The molecule has 0 atom stereocenters. The molecule has 2 amide bonds. The Morgan fingerprint density at radius 1 is 0.933 bits per heavy atom. The van der Waals surface area contributed by atoms with Gasteiger partial charge in [0.15, 0.2) is 0 Å². The molecule has 5 N–H and O–H groups in total. The van der Waals surface area contributed by atoms with Crippen molar-refractivity contribution in [3.8, 4) is 0 Å². The quantitative estimate of drug-likeness (QED) is 0.526. The van der Waals surface area contributed by atoms with Crippen LogP contribution in [0.15, 0.2) is 40.9 Å². The van der Waals surface area contributed by atoms with Gasteiger partial charge in [-0.25, -0.2) is 8.78 Å². The fourth-order valence-corrected chi connectivity index (χ4v) is 3.08. The number of nitrogens with one attached hydrogen (secondary N) is 1. The number of halogens is 3. The Morgan fingerprint density at radius 2 is 1.57 bits per heavy atom. The summed E-state index contributed by atoms with van der Waals surface area (Å²) in [5, 5.41) is 2.68. The molecule has 164 valence electrons. The summed E-state index contributed by atoms with van der Waals surface area (Å²) in [5.74, 6) is -0.537. The van der Waals surface area contributed by atoms with E-state index < -0.39 is 5.82 Å². The molecule has 0 saturated carbocycles. The van der Waals surface area contributed by atoms with Crippen LogP contribution in [0.4, 0.5) is 25.8 Å². The molecular formula is C21H27BrF2N4O2. The van der Waals surface area contributed by atoms with E-state index in [0.717, 1.165) is 30.3 Å². The van der Waals surface area contributed by atoms with Crippen molar-refractivity contribution < 1.29 is 18.4 Å². The van der Waals surface area contributed by atoms with Crippen molar-refractivity contribution in [3.63, 3.8) is 0 Å². The number of hydrogen-bond acceptors (Lipinski definition) is 4. The number of anilines is 3. The SMILES string of the molecule is C.Nc1cc(Br)ccc1F.Nc1cc(N2CCCC2=O)ccc1F.O=C1CCCN1. The molecule has 2 aliphatic rings. The van der Waals surface area contributed by atoms with Gasteiger partial charge in [0.05, 0.1) is 11.4 Å². The fourth-order valence-electron chi connectivity index (χ4n) is 2.70. The lowest BCUT2D eigenvalue weighted by atomic mass is 10.2. The zero-order chi connectivity index (χ0) is 21.4. The first-order chi connectivity index (χ1) is 13.8. The van der Waals surface area contributed by atoms with Crippen molar-refractivity contribution >= 4 is 44.8 Å². The van der Waals surface area contributed by atoms with E-state index in [4.69, 9.17) is 11.5 Å². The predicted octanol–water partition coefficient (Wildman–Crippen LogP) is 4.24. The van der Waals surface area contributed by atoms with Crippen LogP contribution in [0.5, 0.6) is 0 Å². The zero-order valence-electron chi connectivity index (χ0n) is 15.8. The minimum Gasteiger partial charge on any atom is -0.396 e. The Labute approximate surface area is 183 Å². The summed E-state index contributed by atoms with van der Waals surface area (Å²) in [7, 11) is 0. The second-order valence-electron chi connectivity index (χ2n) is 6.47. The van der Waals surface area contributed by atoms with Crippen LogP contribution >= 0.6 is 15.9 Å². The summed E-state index contributed by atoms with van der Waals surface area (Å²) in [6.07, 6.45) is 3.19. The summed E-state index contributed by atoms with van der Waals surface area (Å²) >= 11 is 3.15. The van der Waals surface area contributed by atoms with Crippen LogP contribution in [0.3, 0.4) is 0 Å². The van der Waals surface area contributed by atoms with Gasteiger partial charge in [-0.3, -0.25) is 9.59 Å². The monoisotopic (exact) mass is 484 g/mol. The number of nitrogens with two attached hydrogens (primary N) is 2. The van der Waals surface area contributed by atoms with E-state index in [1.807, 2.05) is 0 Å². The second-order valence-corrected chi connectivity index (χ2v) is 7.39. The van der Waals surface area contributed by atoms with E-state index in [9.17, 15) is 18.4 Å². The maximum Gasteiger partial charge on any atom is 0.227 e. The van der Waals surface area contributed by atoms with Gasteiger partial charge in [-0.1, -0.05) is 23.4 Å². The minimum absolute atomic E-state index is 0. The van der Waals surface area contributed by atoms with Gasteiger partial charge < -0.3 is 21.7 Å². The molecule has 0 radical (unpaired) electrons. The summed E-state index contributed by atoms with van der Waals surface area (Å²) in [6, 6.07) is 8.81. The number of carbonyl (C=O) groups is 2. The van der Waals surface area contributed by atoms with Crippen molar-refractivity contribution in [2.45, 2.75) is 33.1 Å². The van der Waals surface area contributed by atoms with Crippen LogP contribution in [0.2, 0.25) is 0 Å². The van der Waals surface area contributed by atoms with Crippen molar-refractivity contribution in [1.29, 1.82) is 0 Å². The van der Waals surface area contributed by atoms with E-state index >= 15 is 0 Å². The van der Waals surface area contributed by atoms with Crippen molar-refractivity contribution in [2.24, 2.45) is 0 Å². The van der Waals surface area contributed by atoms with Crippen molar-refractivity contribution in [3.05, 3.63) is 52.5 Å². The Bertz CT molecular complexity index is 872. The normalized spacial score (nSPS) is 14.7. The Balaban J connectivity index is 0.000000242. The minimum atomic E-state index is -0.444. The number of benzene rings is 2. The Kier molecular flexibility index (Phi) is 10.2. The number of amides is 2. The van der Waals surface area contributed by atoms with Gasteiger partial charge in [-0.15, -0.1) is 0 Å². The van der Waals surface area contributed by atoms with Gasteiger partial charge in [0.1, 0.15) is 11.6 Å². The van der Waals surface area contributed by atoms with E-state index in [0.29, 0.717) is 18.7 Å². The van der Waals surface area contributed by atoms with Crippen LogP contribution < -0.4 is 21.7 Å². The van der Waals surface area contributed by atoms with Gasteiger partial charge in [0.2, 0.25) is 11.8 Å². The fraction of sp³-hybridized carbons (Fsp3) is 0.333. The molecule has 0 aliphatic carbocycles. The smallest absolute Gasteiger partial charge is 0.227 e. The zero-order valence-corrected chi connectivity index (χ0v) is 17.3. The third kappa shape index (κ3) is 7.62. The molecule has 0 unspecified atom stereocenters. The molecule has 2 aromatic carbocycles. The van der Waals surface area contributed by atoms with Gasteiger partial charge >= 0.3 is 0 Å². The molecule has 2 saturated heterocycles. The highest BCUT2D eigenvalue weighted by atomic mass is 79.9. The third-order valence-corrected chi connectivity index (χ3v) is 4.72. The Morgan fingerprint density at radius 3 is 1.97 bits per heavy atom. The maximum absolute atomic E-state index is 12.9. The van der Waals surface area contributed by atoms with Gasteiger partial charge in [0, 0.05) is 36.1 Å². The average molecular weight is 485 g/mol. The molecule has 0 aromatic heterocycles. The number of nitrogens with zero attached hydrogens (tertiary/aromatic N) is 1. The molecule has 2 heterocycles. The molecule has 30 heavy (non-hydrogen) atoms. The van der Waals surface area contributed by atoms with Crippen LogP contribution in [-0.2, 0) is 9.59 Å². The number of carbonyl (C=O) groups excluding carboxylic acids is 2. The molecule has 4 rings (SSSR count). The first kappa shape index (κ1) is 25.4. The summed E-state index contributed by atoms with van der Waals surface area (Å²) in [5.41, 5.74) is 11.6. The molecule has 0 bridgehead atoms. The lowest BCUT2D eigenvalue weighted by Crippen LogP contribution is -2.23. The predicted molar refractivity (Wildman–Crippen MR) is 120 cm³/mol. The largest absolute Gasteiger partial charge is 0.396 e. The highest BCUT2D eigenvalue weighted by Gasteiger charge is 2.21. The second kappa shape index (κ2) is 12.1. The van der Waals surface area contributed by atoms with Crippen LogP contribution in [0.25, 0.3) is 0 Å². The van der Waals surface area contributed by atoms with Crippen LogP contribution in [0, 0.1) is 11.6 Å². The number of rotatable bonds is 1. The molecule has 6 nitrogen and oxygen atoms in total. The highest BCUT2D eigenvalue weighted by Crippen LogP contribution is 2.24. The van der Waals surface area contributed by atoms with Crippen LogP contribution in [0.1, 0.15) is 33.1 Å². The maximum atomic E-state index is 12.9. The molecule has 9 heteroatoms. The lowest BCUT2D eigenvalue weighted by Gasteiger charge is -2.15. The molecular weight excluding hydrogens is 458 g/mol. The summed E-state index contributed by atoms with van der Waals surface area (Å²) in [6.45, 7) is 1.59. The number of nitrogen functional groups attached to an aromatic ring is 2. The number of hydrogen-bond donors (Lipinski definition) is 3. The van der Waals surface area contributed by atoms with Gasteiger partial charge in [0.25, 0.3) is 0 Å². The van der Waals surface area contributed by atoms with Gasteiger partial charge in [-0.05, 0) is 49.2 Å². The third-order valence-electron chi connectivity index (χ3n) is 4.23. The van der Waals surface area contributed by atoms with Gasteiger partial charge in [-0.2, -0.15) is 0 Å². The van der Waals surface area contributed by atoms with E-state index in [1.165, 1.54) is 24.3 Å². The summed E-state index contributed by atoms with van der Waals surface area (Å²) < 4.78 is 26.0. The summed E-state index contributed by atoms with van der Waals surface area (Å²) in [4.78, 5) is 23.1. The Hall–Kier alpha value is -2.68. The molecule has 2 fully saturated rings. The standard InChI is InChI=1S/C10H11FN2O.C6H5BrFN.C4H7NO.CH4/c11-8-4-3-7(6-9(8)12)13-5-1-2-10(13)14;7-4-1-2-5(8)6(9)3-4;6-4-2-1-3-5-4;/h3-4,6H,1-2,5,12H2;1-3H,9H2;1-3H2,(H,5,6);1H4. The molecule has 2 aliphatic heterocycles. The highest BCUT2D eigenvalue weighted by molar-refractivity contribution is 9.10. The van der Waals surface area contributed by atoms with Crippen LogP contribution in [-0.4, -0.2) is 24.9 Å². The van der Waals surface area contributed by atoms with E-state index in [2.05, 4.69) is 21.2 Å². The topological polar surface area (TPSA) is 101 Å². The van der Waals surface area contributed by atoms with Crippen molar-refractivity contribution in [2.75, 3.05) is 29.5 Å². The lowest BCUT2D eigenvalue weighted by molar-refractivity contribution is -0.119. The van der Waals surface area contributed by atoms with E-state index in [-0.39, 0.29) is 36.4 Å². The molecule has 0 spiro atoms. The first-order valence-electron chi connectivity index (χ1n) is 9.10. The van der Waals surface area contributed by atoms with Crippen molar-refractivity contribution in [1.82, 2.24) is 5.32 Å².